The van der Waals surface area contributed by atoms with Crippen LogP contribution in [0.5, 0.6) is 0 Å². The third-order valence-electron chi connectivity index (χ3n) is 1.48. The normalized spacial score (nSPS) is 29.0. The fraction of sp³-hybridized carbons (Fsp3) is 0.571. The quantitative estimate of drug-likeness (QED) is 0.438. The third-order valence-corrected chi connectivity index (χ3v) is 1.48. The molecule has 1 radical (unpaired) electrons. The van der Waals surface area contributed by atoms with E-state index in [4.69, 9.17) is 0 Å². The van der Waals surface area contributed by atoms with Crippen molar-refractivity contribution in [3.63, 3.8) is 0 Å². The minimum absolute atomic E-state index is 0.806. The van der Waals surface area contributed by atoms with E-state index < -0.39 is 0 Å². The minimum Gasteiger partial charge on any atom is -0.0882 e. The second-order valence-electron chi connectivity index (χ2n) is 2.05. The van der Waals surface area contributed by atoms with Gasteiger partial charge in [-0.2, -0.15) is 0 Å². The van der Waals surface area contributed by atoms with Crippen molar-refractivity contribution >= 4 is 0 Å². The highest BCUT2D eigenvalue weighted by Crippen LogP contribution is 2.18. The van der Waals surface area contributed by atoms with Gasteiger partial charge in [-0.15, -0.1) is 0 Å². The molecule has 1 unspecified atom stereocenters. The second kappa shape index (κ2) is 2.15. The average molecular weight is 95.2 g/mol. The molecule has 7 heavy (non-hydrogen) atoms. The van der Waals surface area contributed by atoms with Crippen LogP contribution in [-0.2, 0) is 0 Å². The smallest absolute Gasteiger partial charge is 0.0231 e. The minimum atomic E-state index is 0.806. The van der Waals surface area contributed by atoms with E-state index in [0.29, 0.717) is 0 Å². The van der Waals surface area contributed by atoms with Crippen molar-refractivity contribution in [2.24, 2.45) is 5.92 Å². The van der Waals surface area contributed by atoms with Gasteiger partial charge in [0.1, 0.15) is 0 Å². The molecule has 0 saturated heterocycles. The Bertz CT molecular complexity index is 72.1. The first-order chi connectivity index (χ1) is 3.43. The maximum atomic E-state index is 3.82. The Hall–Kier alpha value is -0.260. The van der Waals surface area contributed by atoms with E-state index >= 15 is 0 Å². The summed E-state index contributed by atoms with van der Waals surface area (Å²) in [6, 6.07) is 0. The summed E-state index contributed by atoms with van der Waals surface area (Å²) >= 11 is 0. The zero-order valence-corrected chi connectivity index (χ0v) is 4.56. The Kier molecular flexibility index (Phi) is 1.50. The first-order valence-corrected chi connectivity index (χ1v) is 2.89. The van der Waals surface area contributed by atoms with Crippen LogP contribution in [0.2, 0.25) is 0 Å². The summed E-state index contributed by atoms with van der Waals surface area (Å²) in [6.45, 7) is 3.82. The fourth-order valence-electron chi connectivity index (χ4n) is 0.936. The van der Waals surface area contributed by atoms with E-state index in [1.54, 1.807) is 0 Å². The van der Waals surface area contributed by atoms with Crippen molar-refractivity contribution in [2.45, 2.75) is 19.3 Å². The van der Waals surface area contributed by atoms with Crippen LogP contribution in [0.15, 0.2) is 12.2 Å². The molecule has 0 aromatic rings. The molecule has 1 aliphatic rings. The van der Waals surface area contributed by atoms with E-state index in [1.165, 1.54) is 12.8 Å². The molecule has 0 spiro atoms. The Morgan fingerprint density at radius 3 is 2.86 bits per heavy atom. The Morgan fingerprint density at radius 2 is 2.57 bits per heavy atom. The summed E-state index contributed by atoms with van der Waals surface area (Å²) in [5, 5.41) is 0. The second-order valence-corrected chi connectivity index (χ2v) is 2.05. The molecule has 0 aliphatic heterocycles. The van der Waals surface area contributed by atoms with E-state index in [1.807, 2.05) is 0 Å². The molecule has 0 nitrogen and oxygen atoms in total. The van der Waals surface area contributed by atoms with Gasteiger partial charge in [-0.3, -0.25) is 0 Å². The van der Waals surface area contributed by atoms with Crippen LogP contribution >= 0.6 is 0 Å². The van der Waals surface area contributed by atoms with Gasteiger partial charge >= 0.3 is 0 Å². The van der Waals surface area contributed by atoms with Crippen molar-refractivity contribution in [1.29, 1.82) is 0 Å². The largest absolute Gasteiger partial charge is 0.0882 e. The van der Waals surface area contributed by atoms with Crippen LogP contribution in [0.25, 0.3) is 0 Å². The molecule has 1 aliphatic carbocycles. The first-order valence-electron chi connectivity index (χ1n) is 2.89. The highest BCUT2D eigenvalue weighted by atomic mass is 14.1. The highest BCUT2D eigenvalue weighted by molar-refractivity contribution is 4.95. The van der Waals surface area contributed by atoms with E-state index in [0.717, 1.165) is 12.3 Å². The van der Waals surface area contributed by atoms with Crippen LogP contribution in [0.3, 0.4) is 0 Å². The monoisotopic (exact) mass is 95.1 g/mol. The van der Waals surface area contributed by atoms with E-state index in [-0.39, 0.29) is 0 Å². The summed E-state index contributed by atoms with van der Waals surface area (Å²) < 4.78 is 0. The molecule has 0 N–H and O–H groups in total. The molecule has 0 heterocycles. The van der Waals surface area contributed by atoms with Crippen molar-refractivity contribution < 1.29 is 0 Å². The van der Waals surface area contributed by atoms with Crippen LogP contribution < -0.4 is 0 Å². The lowest BCUT2D eigenvalue weighted by Crippen LogP contribution is -1.85. The zero-order valence-electron chi connectivity index (χ0n) is 4.56. The van der Waals surface area contributed by atoms with Gasteiger partial charge < -0.3 is 0 Å². The number of rotatable bonds is 1. The molecular weight excluding hydrogens is 84.1 g/mol. The van der Waals surface area contributed by atoms with Gasteiger partial charge in [0.2, 0.25) is 0 Å². The van der Waals surface area contributed by atoms with Crippen molar-refractivity contribution in [2.75, 3.05) is 0 Å². The van der Waals surface area contributed by atoms with Crippen LogP contribution in [-0.4, -0.2) is 0 Å². The van der Waals surface area contributed by atoms with E-state index in [2.05, 4.69) is 19.1 Å². The molecule has 0 bridgehead atoms. The van der Waals surface area contributed by atoms with Crippen LogP contribution in [0.4, 0.5) is 0 Å². The fourth-order valence-corrected chi connectivity index (χ4v) is 0.936. The predicted octanol–water partition coefficient (Wildman–Crippen LogP) is 2.18. The van der Waals surface area contributed by atoms with Crippen LogP contribution in [0.1, 0.15) is 19.3 Å². The standard InChI is InChI=1S/C7H11/c1-2-7-5-3-4-6-7/h3,5,7H,1-2,4,6H2. The zero-order chi connectivity index (χ0) is 5.11. The molecule has 0 fully saturated rings. The van der Waals surface area contributed by atoms with E-state index in [9.17, 15) is 0 Å². The lowest BCUT2D eigenvalue weighted by atomic mass is 10.1. The van der Waals surface area contributed by atoms with Gasteiger partial charge in [0.05, 0.1) is 0 Å². The SMILES string of the molecule is [CH2]CC1C=CCC1. The molecule has 0 saturated carbocycles. The predicted molar refractivity (Wildman–Crippen MR) is 31.8 cm³/mol. The molecule has 0 amide bonds. The topological polar surface area (TPSA) is 0 Å². The van der Waals surface area contributed by atoms with Crippen LogP contribution in [0, 0.1) is 12.8 Å². The molecule has 0 aromatic carbocycles. The lowest BCUT2D eigenvalue weighted by molar-refractivity contribution is 0.642. The molecule has 39 valence electrons. The summed E-state index contributed by atoms with van der Waals surface area (Å²) in [5.74, 6) is 0.806. The summed E-state index contributed by atoms with van der Waals surface area (Å²) in [6.07, 6.45) is 8.21. The Balaban J connectivity index is 2.28. The molecule has 0 aromatic heterocycles. The Morgan fingerprint density at radius 1 is 1.71 bits per heavy atom. The first kappa shape index (κ1) is 4.89. The molecule has 1 rings (SSSR count). The van der Waals surface area contributed by atoms with Crippen molar-refractivity contribution in [3.05, 3.63) is 19.1 Å². The average Bonchev–Trinajstić information content (AvgIpc) is 2.14. The number of hydrogen-bond donors (Lipinski definition) is 0. The molecule has 0 heteroatoms. The maximum absolute atomic E-state index is 3.82. The Labute approximate surface area is 45.2 Å². The van der Waals surface area contributed by atoms with Gasteiger partial charge in [-0.05, 0) is 25.2 Å². The van der Waals surface area contributed by atoms with Gasteiger partial charge in [-0.1, -0.05) is 19.1 Å². The van der Waals surface area contributed by atoms with Gasteiger partial charge in [0.25, 0.3) is 0 Å². The number of allylic oxidation sites excluding steroid dienone is 2. The summed E-state index contributed by atoms with van der Waals surface area (Å²) in [7, 11) is 0. The van der Waals surface area contributed by atoms with Crippen molar-refractivity contribution in [3.8, 4) is 0 Å². The van der Waals surface area contributed by atoms with Crippen molar-refractivity contribution in [1.82, 2.24) is 0 Å². The number of hydrogen-bond acceptors (Lipinski definition) is 0. The summed E-state index contributed by atoms with van der Waals surface area (Å²) in [4.78, 5) is 0. The van der Waals surface area contributed by atoms with Gasteiger partial charge in [0.15, 0.2) is 0 Å². The van der Waals surface area contributed by atoms with Gasteiger partial charge in [0, 0.05) is 0 Å². The maximum Gasteiger partial charge on any atom is -0.0231 e. The third kappa shape index (κ3) is 1.05. The highest BCUT2D eigenvalue weighted by Gasteiger charge is 2.03. The molecular formula is C7H11. The van der Waals surface area contributed by atoms with Gasteiger partial charge in [-0.25, -0.2) is 0 Å². The summed E-state index contributed by atoms with van der Waals surface area (Å²) in [5.41, 5.74) is 0. The lowest BCUT2D eigenvalue weighted by Gasteiger charge is -1.97. The molecule has 1 atom stereocenters.